The summed E-state index contributed by atoms with van der Waals surface area (Å²) in [5.74, 6) is 0.972. The molecule has 0 atom stereocenters. The van der Waals surface area contributed by atoms with E-state index in [0.717, 1.165) is 42.1 Å². The minimum absolute atomic E-state index is 0.476. The summed E-state index contributed by atoms with van der Waals surface area (Å²) in [6.45, 7) is 3.77. The summed E-state index contributed by atoms with van der Waals surface area (Å²) in [6, 6.07) is 0.476. The van der Waals surface area contributed by atoms with E-state index in [1.54, 1.807) is 17.7 Å². The third-order valence-corrected chi connectivity index (χ3v) is 4.19. The van der Waals surface area contributed by atoms with E-state index in [9.17, 15) is 0 Å². The number of thiophene rings is 1. The molecule has 0 radical (unpaired) electrons. The zero-order chi connectivity index (χ0) is 11.7. The van der Waals surface area contributed by atoms with Crippen molar-refractivity contribution in [2.24, 2.45) is 0 Å². The van der Waals surface area contributed by atoms with Crippen molar-refractivity contribution in [3.8, 4) is 0 Å². The van der Waals surface area contributed by atoms with Crippen molar-refractivity contribution >= 4 is 27.4 Å². The topological polar surface area (TPSA) is 47.0 Å². The van der Waals surface area contributed by atoms with Gasteiger partial charge in [0.15, 0.2) is 0 Å². The first-order chi connectivity index (χ1) is 8.34. The van der Waals surface area contributed by atoms with Crippen LogP contribution in [-0.4, -0.2) is 29.2 Å². The van der Waals surface area contributed by atoms with Crippen LogP contribution in [0.25, 0.3) is 10.2 Å². The zero-order valence-corrected chi connectivity index (χ0v) is 10.6. The van der Waals surface area contributed by atoms with Gasteiger partial charge in [-0.1, -0.05) is 0 Å². The zero-order valence-electron chi connectivity index (χ0n) is 9.77. The number of nitrogens with one attached hydrogen (secondary N) is 1. The van der Waals surface area contributed by atoms with Crippen molar-refractivity contribution in [3.05, 3.63) is 17.3 Å². The van der Waals surface area contributed by atoms with Crippen LogP contribution in [0.1, 0.15) is 18.4 Å². The molecule has 2 aromatic rings. The molecule has 0 spiro atoms. The highest BCUT2D eigenvalue weighted by atomic mass is 32.1. The summed E-state index contributed by atoms with van der Waals surface area (Å²) >= 11 is 1.71. The summed E-state index contributed by atoms with van der Waals surface area (Å²) in [5.41, 5.74) is 2.29. The van der Waals surface area contributed by atoms with E-state index in [4.69, 9.17) is 4.74 Å². The number of fused-ring (bicyclic) bond motifs is 1. The van der Waals surface area contributed by atoms with E-state index in [-0.39, 0.29) is 0 Å². The summed E-state index contributed by atoms with van der Waals surface area (Å²) < 4.78 is 6.52. The predicted octanol–water partition coefficient (Wildman–Crippen LogP) is 2.59. The number of hydrogen-bond acceptors (Lipinski definition) is 5. The van der Waals surface area contributed by atoms with Gasteiger partial charge in [0.05, 0.1) is 10.2 Å². The van der Waals surface area contributed by atoms with Crippen LogP contribution in [0.2, 0.25) is 0 Å². The fourth-order valence-electron chi connectivity index (χ4n) is 2.11. The summed E-state index contributed by atoms with van der Waals surface area (Å²) in [7, 11) is 0. The van der Waals surface area contributed by atoms with Gasteiger partial charge in [0.2, 0.25) is 0 Å². The minimum atomic E-state index is 0.476. The van der Waals surface area contributed by atoms with E-state index in [1.807, 2.05) is 0 Å². The minimum Gasteiger partial charge on any atom is -0.381 e. The van der Waals surface area contributed by atoms with E-state index in [0.29, 0.717) is 6.04 Å². The first-order valence-corrected chi connectivity index (χ1v) is 6.75. The number of aryl methyl sites for hydroxylation is 1. The van der Waals surface area contributed by atoms with Crippen molar-refractivity contribution in [1.29, 1.82) is 0 Å². The van der Waals surface area contributed by atoms with Gasteiger partial charge >= 0.3 is 0 Å². The molecular weight excluding hydrogens is 234 g/mol. The lowest BCUT2D eigenvalue weighted by atomic mass is 10.1. The maximum absolute atomic E-state index is 5.36. The van der Waals surface area contributed by atoms with E-state index >= 15 is 0 Å². The molecule has 0 aromatic carbocycles. The molecule has 0 unspecified atom stereocenters. The van der Waals surface area contributed by atoms with Crippen LogP contribution < -0.4 is 5.32 Å². The molecule has 1 aliphatic heterocycles. The Hall–Kier alpha value is -1.20. The predicted molar refractivity (Wildman–Crippen MR) is 69.6 cm³/mol. The van der Waals surface area contributed by atoms with Crippen molar-refractivity contribution in [1.82, 2.24) is 9.97 Å². The number of anilines is 1. The number of ether oxygens (including phenoxy) is 1. The molecule has 4 nitrogen and oxygen atoms in total. The SMILES string of the molecule is Cc1csc2c(NC3CCOCC3)ncnc12. The van der Waals surface area contributed by atoms with Gasteiger partial charge in [0.25, 0.3) is 0 Å². The molecule has 1 saturated heterocycles. The second kappa shape index (κ2) is 4.58. The molecule has 17 heavy (non-hydrogen) atoms. The van der Waals surface area contributed by atoms with Gasteiger partial charge in [-0.25, -0.2) is 9.97 Å². The van der Waals surface area contributed by atoms with Crippen LogP contribution in [0, 0.1) is 6.92 Å². The highest BCUT2D eigenvalue weighted by molar-refractivity contribution is 7.18. The highest BCUT2D eigenvalue weighted by Gasteiger charge is 2.16. The van der Waals surface area contributed by atoms with Gasteiger partial charge in [-0.3, -0.25) is 0 Å². The molecule has 1 fully saturated rings. The lowest BCUT2D eigenvalue weighted by Crippen LogP contribution is -2.28. The smallest absolute Gasteiger partial charge is 0.147 e. The van der Waals surface area contributed by atoms with Gasteiger partial charge in [-0.2, -0.15) is 0 Å². The molecule has 0 saturated carbocycles. The Kier molecular flexibility index (Phi) is 2.94. The fraction of sp³-hybridized carbons (Fsp3) is 0.500. The first-order valence-electron chi connectivity index (χ1n) is 5.87. The van der Waals surface area contributed by atoms with Gasteiger partial charge in [0, 0.05) is 19.3 Å². The van der Waals surface area contributed by atoms with Gasteiger partial charge in [-0.05, 0) is 30.7 Å². The third kappa shape index (κ3) is 2.12. The van der Waals surface area contributed by atoms with Crippen LogP contribution in [0.5, 0.6) is 0 Å². The number of aromatic nitrogens is 2. The lowest BCUT2D eigenvalue weighted by molar-refractivity contribution is 0.0904. The molecule has 90 valence electrons. The van der Waals surface area contributed by atoms with Gasteiger partial charge in [0.1, 0.15) is 12.1 Å². The molecular formula is C12H15N3OS. The van der Waals surface area contributed by atoms with E-state index < -0.39 is 0 Å². The number of nitrogens with zero attached hydrogens (tertiary/aromatic N) is 2. The molecule has 0 bridgehead atoms. The van der Waals surface area contributed by atoms with Crippen molar-refractivity contribution in [2.45, 2.75) is 25.8 Å². The number of hydrogen-bond donors (Lipinski definition) is 1. The van der Waals surface area contributed by atoms with Crippen LogP contribution in [-0.2, 0) is 4.74 Å². The lowest BCUT2D eigenvalue weighted by Gasteiger charge is -2.23. The van der Waals surface area contributed by atoms with Gasteiger partial charge in [-0.15, -0.1) is 11.3 Å². The molecule has 1 N–H and O–H groups in total. The Morgan fingerprint density at radius 1 is 1.35 bits per heavy atom. The second-order valence-electron chi connectivity index (χ2n) is 4.35. The van der Waals surface area contributed by atoms with Crippen LogP contribution in [0.4, 0.5) is 5.82 Å². The standard InChI is InChI=1S/C12H15N3OS/c1-8-6-17-11-10(8)13-7-14-12(11)15-9-2-4-16-5-3-9/h6-7,9H,2-5H2,1H3,(H,13,14,15). The van der Waals surface area contributed by atoms with Crippen LogP contribution in [0.3, 0.4) is 0 Å². The quantitative estimate of drug-likeness (QED) is 0.888. The van der Waals surface area contributed by atoms with Crippen molar-refractivity contribution < 1.29 is 4.74 Å². The second-order valence-corrected chi connectivity index (χ2v) is 5.23. The number of rotatable bonds is 2. The Balaban J connectivity index is 1.89. The molecule has 2 aromatic heterocycles. The summed E-state index contributed by atoms with van der Waals surface area (Å²) in [5, 5.41) is 5.65. The maximum Gasteiger partial charge on any atom is 0.147 e. The van der Waals surface area contributed by atoms with Crippen molar-refractivity contribution in [3.63, 3.8) is 0 Å². The molecule has 1 aliphatic rings. The largest absolute Gasteiger partial charge is 0.381 e. The van der Waals surface area contributed by atoms with E-state index in [1.165, 1.54) is 5.56 Å². The van der Waals surface area contributed by atoms with Crippen molar-refractivity contribution in [2.75, 3.05) is 18.5 Å². The molecule has 3 rings (SSSR count). The first kappa shape index (κ1) is 10.9. The maximum atomic E-state index is 5.36. The average Bonchev–Trinajstić information content (AvgIpc) is 2.74. The molecule has 5 heteroatoms. The Labute approximate surface area is 104 Å². The summed E-state index contributed by atoms with van der Waals surface area (Å²) in [4.78, 5) is 8.69. The van der Waals surface area contributed by atoms with Crippen LogP contribution in [0.15, 0.2) is 11.7 Å². The fourth-order valence-corrected chi connectivity index (χ4v) is 3.06. The Morgan fingerprint density at radius 3 is 3.00 bits per heavy atom. The van der Waals surface area contributed by atoms with Crippen LogP contribution >= 0.6 is 11.3 Å². The highest BCUT2D eigenvalue weighted by Crippen LogP contribution is 2.29. The van der Waals surface area contributed by atoms with Gasteiger partial charge < -0.3 is 10.1 Å². The molecule has 0 aliphatic carbocycles. The average molecular weight is 249 g/mol. The van der Waals surface area contributed by atoms with E-state index in [2.05, 4.69) is 27.6 Å². The molecule has 0 amide bonds. The summed E-state index contributed by atoms with van der Waals surface area (Å²) in [6.07, 6.45) is 3.75. The monoisotopic (exact) mass is 249 g/mol. The normalized spacial score (nSPS) is 17.5. The Bertz CT molecular complexity index is 519. The molecule has 3 heterocycles. The third-order valence-electron chi connectivity index (χ3n) is 3.09. The Morgan fingerprint density at radius 2 is 2.18 bits per heavy atom.